The summed E-state index contributed by atoms with van der Waals surface area (Å²) < 4.78 is 17.3. The molecule has 45 heavy (non-hydrogen) atoms. The average molecular weight is 617 g/mol. The molecule has 10 nitrogen and oxygen atoms in total. The Morgan fingerprint density at radius 2 is 1.58 bits per heavy atom. The van der Waals surface area contributed by atoms with Gasteiger partial charge in [-0.15, -0.1) is 0 Å². The highest BCUT2D eigenvalue weighted by molar-refractivity contribution is 6.48. The number of piperazine rings is 1. The van der Waals surface area contributed by atoms with Gasteiger partial charge in [-0.2, -0.15) is 0 Å². The monoisotopic (exact) mass is 616 g/mol. The van der Waals surface area contributed by atoms with Crippen molar-refractivity contribution in [3.8, 4) is 11.5 Å². The number of anilines is 1. The van der Waals surface area contributed by atoms with Crippen LogP contribution < -0.4 is 14.8 Å². The fourth-order valence-electron chi connectivity index (χ4n) is 5.72. The van der Waals surface area contributed by atoms with Gasteiger partial charge in [-0.25, -0.2) is 0 Å². The zero-order valence-corrected chi connectivity index (χ0v) is 27.0. The van der Waals surface area contributed by atoms with Gasteiger partial charge in [0.25, 0.3) is 17.6 Å². The molecule has 2 amide bonds. The number of carbonyl (C=O) groups is 3. The largest absolute Gasteiger partial charge is 0.494 e. The van der Waals surface area contributed by atoms with Crippen LogP contribution in [0, 0.1) is 0 Å². The zero-order valence-electron chi connectivity index (χ0n) is 27.0. The first-order valence-corrected chi connectivity index (χ1v) is 15.6. The quantitative estimate of drug-likeness (QED) is 0.284. The number of ketones is 1. The Labute approximate surface area is 265 Å². The van der Waals surface area contributed by atoms with E-state index in [1.165, 1.54) is 7.11 Å². The Morgan fingerprint density at radius 3 is 2.24 bits per heavy atom. The maximum absolute atomic E-state index is 13.7. The lowest BCUT2D eigenvalue weighted by molar-refractivity contribution is -0.112. The highest BCUT2D eigenvalue weighted by Gasteiger charge is 2.29. The van der Waals surface area contributed by atoms with Gasteiger partial charge in [-0.1, -0.05) is 45.0 Å². The molecule has 0 saturated carbocycles. The molecule has 2 heterocycles. The molecule has 10 heteroatoms. The number of ether oxygens (including phenoxy) is 3. The Balaban J connectivity index is 1.40. The van der Waals surface area contributed by atoms with Crippen LogP contribution in [0.4, 0.5) is 5.69 Å². The van der Waals surface area contributed by atoms with Crippen molar-refractivity contribution in [1.82, 2.24) is 14.7 Å². The summed E-state index contributed by atoms with van der Waals surface area (Å²) in [6.07, 6.45) is 0. The molecule has 3 aromatic carbocycles. The molecule has 0 aliphatic carbocycles. The van der Waals surface area contributed by atoms with Crippen molar-refractivity contribution in [1.29, 1.82) is 0 Å². The number of likely N-dealkylation sites (N-methyl/N-ethyl adjacent to an activating group) is 1. The summed E-state index contributed by atoms with van der Waals surface area (Å²) in [5.41, 5.74) is 1.42. The lowest BCUT2D eigenvalue weighted by Crippen LogP contribution is -2.47. The van der Waals surface area contributed by atoms with Crippen LogP contribution in [0.2, 0.25) is 0 Å². The number of rotatable bonds is 9. The summed E-state index contributed by atoms with van der Waals surface area (Å²) in [5, 5.41) is 4.17. The molecule has 0 atom stereocenters. The van der Waals surface area contributed by atoms with Gasteiger partial charge in [0.2, 0.25) is 0 Å². The number of hydrogen-bond acceptors (Lipinski definition) is 8. The van der Waals surface area contributed by atoms with E-state index in [1.807, 2.05) is 58.2 Å². The molecule has 2 aliphatic rings. The third-order valence-corrected chi connectivity index (χ3v) is 8.53. The molecule has 2 fully saturated rings. The molecule has 5 rings (SSSR count). The van der Waals surface area contributed by atoms with Gasteiger partial charge >= 0.3 is 0 Å². The van der Waals surface area contributed by atoms with E-state index >= 15 is 0 Å². The molecular weight excluding hydrogens is 572 g/mol. The van der Waals surface area contributed by atoms with Gasteiger partial charge in [0.15, 0.2) is 5.75 Å². The van der Waals surface area contributed by atoms with E-state index < -0.39 is 11.7 Å². The molecule has 1 N–H and O–H groups in total. The van der Waals surface area contributed by atoms with Crippen molar-refractivity contribution in [2.24, 2.45) is 0 Å². The average Bonchev–Trinajstić information content (AvgIpc) is 3.04. The van der Waals surface area contributed by atoms with E-state index in [9.17, 15) is 14.4 Å². The van der Waals surface area contributed by atoms with Gasteiger partial charge in [0.1, 0.15) is 12.4 Å². The van der Waals surface area contributed by atoms with Crippen LogP contribution in [0.15, 0.2) is 48.5 Å². The van der Waals surface area contributed by atoms with Gasteiger partial charge in [0, 0.05) is 56.8 Å². The van der Waals surface area contributed by atoms with E-state index in [2.05, 4.69) is 15.1 Å². The normalized spacial score (nSPS) is 16.4. The molecule has 0 radical (unpaired) electrons. The molecule has 0 spiro atoms. The van der Waals surface area contributed by atoms with Crippen LogP contribution in [0.1, 0.15) is 47.1 Å². The summed E-state index contributed by atoms with van der Waals surface area (Å²) in [6.45, 7) is 13.3. The predicted molar refractivity (Wildman–Crippen MR) is 175 cm³/mol. The van der Waals surface area contributed by atoms with Crippen molar-refractivity contribution in [3.05, 3.63) is 65.2 Å². The summed E-state index contributed by atoms with van der Waals surface area (Å²) >= 11 is 0. The lowest BCUT2D eigenvalue weighted by atomic mass is 9.85. The van der Waals surface area contributed by atoms with E-state index in [-0.39, 0.29) is 28.3 Å². The number of benzene rings is 3. The number of nitrogens with zero attached hydrogens (tertiary/aromatic N) is 3. The lowest BCUT2D eigenvalue weighted by Gasteiger charge is -2.33. The van der Waals surface area contributed by atoms with E-state index in [4.69, 9.17) is 14.2 Å². The SMILES string of the molecule is COc1c(NC(=O)C(=O)c2ccc(OCCN3CCOCC3)c3ccccc23)cc(C(C)(C)C)cc1C(=O)N1CCN(C)CC1. The van der Waals surface area contributed by atoms with Crippen LogP contribution in [0.3, 0.4) is 0 Å². The third-order valence-electron chi connectivity index (χ3n) is 8.53. The maximum atomic E-state index is 13.7. The van der Waals surface area contributed by atoms with Crippen LogP contribution >= 0.6 is 0 Å². The topological polar surface area (TPSA) is 101 Å². The molecule has 2 aliphatic heterocycles. The van der Waals surface area contributed by atoms with E-state index in [1.54, 1.807) is 23.1 Å². The number of fused-ring (bicyclic) bond motifs is 1. The summed E-state index contributed by atoms with van der Waals surface area (Å²) in [6, 6.07) is 14.4. The van der Waals surface area contributed by atoms with Crippen LogP contribution in [-0.2, 0) is 14.9 Å². The van der Waals surface area contributed by atoms with Crippen molar-refractivity contribution >= 4 is 34.1 Å². The Morgan fingerprint density at radius 1 is 0.889 bits per heavy atom. The minimum atomic E-state index is -0.816. The number of methoxy groups -OCH3 is 1. The fraction of sp³-hybridized carbons (Fsp3) is 0.457. The smallest absolute Gasteiger partial charge is 0.296 e. The Bertz CT molecular complexity index is 1550. The van der Waals surface area contributed by atoms with Crippen molar-refractivity contribution in [2.45, 2.75) is 26.2 Å². The number of carbonyl (C=O) groups excluding carboxylic acids is 3. The van der Waals surface area contributed by atoms with Crippen molar-refractivity contribution < 1.29 is 28.6 Å². The summed E-state index contributed by atoms with van der Waals surface area (Å²) in [4.78, 5) is 47.3. The van der Waals surface area contributed by atoms with E-state index in [0.29, 0.717) is 36.4 Å². The number of amides is 2. The predicted octanol–water partition coefficient (Wildman–Crippen LogP) is 4.07. The number of morpholine rings is 1. The standard InChI is InChI=1S/C35H44N4O6/c1-35(2,3)24-22-28(34(42)39-14-12-37(4)13-15-39)32(43-5)29(23-24)36-33(41)31(40)27-10-11-30(26-9-7-6-8-25(26)27)45-21-18-38-16-19-44-20-17-38/h6-11,22-23H,12-21H2,1-5H3,(H,36,41). The highest BCUT2D eigenvalue weighted by Crippen LogP contribution is 2.37. The fourth-order valence-corrected chi connectivity index (χ4v) is 5.72. The highest BCUT2D eigenvalue weighted by atomic mass is 16.5. The van der Waals surface area contributed by atoms with E-state index in [0.717, 1.165) is 56.9 Å². The van der Waals surface area contributed by atoms with Crippen LogP contribution in [0.25, 0.3) is 10.8 Å². The van der Waals surface area contributed by atoms with Crippen molar-refractivity contribution in [2.75, 3.05) is 85.1 Å². The maximum Gasteiger partial charge on any atom is 0.296 e. The second-order valence-electron chi connectivity index (χ2n) is 12.7. The molecule has 3 aromatic rings. The summed E-state index contributed by atoms with van der Waals surface area (Å²) in [5.74, 6) is -0.780. The molecule has 2 saturated heterocycles. The molecular formula is C35H44N4O6. The molecule has 0 bridgehead atoms. The Hall–Kier alpha value is -3.99. The van der Waals surface area contributed by atoms with Gasteiger partial charge in [-0.05, 0) is 47.7 Å². The third kappa shape index (κ3) is 7.46. The minimum Gasteiger partial charge on any atom is -0.494 e. The molecule has 0 unspecified atom stereocenters. The zero-order chi connectivity index (χ0) is 32.1. The first-order valence-electron chi connectivity index (χ1n) is 15.6. The van der Waals surface area contributed by atoms with Gasteiger partial charge in [0.05, 0.1) is 31.6 Å². The second kappa shape index (κ2) is 14.0. The second-order valence-corrected chi connectivity index (χ2v) is 12.7. The van der Waals surface area contributed by atoms with Crippen LogP contribution in [-0.4, -0.2) is 112 Å². The molecule has 0 aromatic heterocycles. The number of nitrogens with one attached hydrogen (secondary N) is 1. The first kappa shape index (κ1) is 32.4. The van der Waals surface area contributed by atoms with Gasteiger partial charge in [-0.3, -0.25) is 19.3 Å². The Kier molecular flexibility index (Phi) is 10.1. The molecule has 240 valence electrons. The van der Waals surface area contributed by atoms with Gasteiger partial charge < -0.3 is 29.3 Å². The number of hydrogen-bond donors (Lipinski definition) is 1. The number of Topliss-reactive ketones (excluding diaryl/α,β-unsaturated/α-hetero) is 1. The van der Waals surface area contributed by atoms with Crippen molar-refractivity contribution in [3.63, 3.8) is 0 Å². The van der Waals surface area contributed by atoms with Crippen LogP contribution in [0.5, 0.6) is 11.5 Å². The summed E-state index contributed by atoms with van der Waals surface area (Å²) in [7, 11) is 3.50. The minimum absolute atomic E-state index is 0.164. The first-order chi connectivity index (χ1) is 21.6.